The van der Waals surface area contributed by atoms with Gasteiger partial charge in [-0.2, -0.15) is 13.2 Å². The molecular formula is C9H15F3N2. The van der Waals surface area contributed by atoms with Gasteiger partial charge in [0.05, 0.1) is 0 Å². The van der Waals surface area contributed by atoms with Crippen molar-refractivity contribution in [3.63, 3.8) is 0 Å². The Kier molecular flexibility index (Phi) is 2.27. The van der Waals surface area contributed by atoms with Gasteiger partial charge in [0.15, 0.2) is 0 Å². The molecular weight excluding hydrogens is 193 g/mol. The van der Waals surface area contributed by atoms with Crippen LogP contribution in [0, 0.1) is 0 Å². The highest BCUT2D eigenvalue weighted by Gasteiger charge is 2.53. The third-order valence-electron chi connectivity index (χ3n) is 3.32. The van der Waals surface area contributed by atoms with Gasteiger partial charge < -0.3 is 10.6 Å². The molecule has 0 radical (unpaired) electrons. The highest BCUT2D eigenvalue weighted by atomic mass is 19.4. The van der Waals surface area contributed by atoms with Crippen LogP contribution >= 0.6 is 0 Å². The Bertz CT molecular complexity index is 215. The molecule has 0 amide bonds. The second-order valence-corrected chi connectivity index (χ2v) is 4.42. The topological polar surface area (TPSA) is 29.3 Å². The molecule has 14 heavy (non-hydrogen) atoms. The van der Waals surface area contributed by atoms with Gasteiger partial charge >= 0.3 is 6.18 Å². The number of alkyl halides is 3. The maximum atomic E-state index is 12.5. The van der Waals surface area contributed by atoms with Crippen LogP contribution in [0.25, 0.3) is 0 Å². The summed E-state index contributed by atoms with van der Waals surface area (Å²) in [5.41, 5.74) is 3.44. The van der Waals surface area contributed by atoms with E-state index in [1.807, 2.05) is 0 Å². The van der Waals surface area contributed by atoms with Gasteiger partial charge in [0, 0.05) is 19.1 Å². The zero-order chi connectivity index (χ0) is 10.4. The second-order valence-electron chi connectivity index (χ2n) is 4.42. The minimum absolute atomic E-state index is 0.0486. The minimum atomic E-state index is -4.25. The molecule has 0 aromatic carbocycles. The van der Waals surface area contributed by atoms with Gasteiger partial charge in [-0.1, -0.05) is 0 Å². The standard InChI is InChI=1S/C9H15F3N2/c10-9(11,12)8(13)3-5-14(6-4-8)7-1-2-7/h7H,1-6,13H2. The third-order valence-corrected chi connectivity index (χ3v) is 3.32. The van der Waals surface area contributed by atoms with E-state index in [1.165, 1.54) is 0 Å². The Morgan fingerprint density at radius 1 is 1.14 bits per heavy atom. The van der Waals surface area contributed by atoms with Crippen molar-refractivity contribution in [1.29, 1.82) is 0 Å². The largest absolute Gasteiger partial charge is 0.406 e. The van der Waals surface area contributed by atoms with E-state index in [9.17, 15) is 13.2 Å². The first-order chi connectivity index (χ1) is 6.42. The van der Waals surface area contributed by atoms with Gasteiger partial charge in [-0.05, 0) is 25.7 Å². The smallest absolute Gasteiger partial charge is 0.318 e. The summed E-state index contributed by atoms with van der Waals surface area (Å²) in [6, 6.07) is 0.549. The molecule has 2 rings (SSSR count). The molecule has 1 saturated carbocycles. The minimum Gasteiger partial charge on any atom is -0.318 e. The normalized spacial score (nSPS) is 29.1. The van der Waals surface area contributed by atoms with Gasteiger partial charge in [-0.15, -0.1) is 0 Å². The fourth-order valence-electron chi connectivity index (χ4n) is 2.01. The lowest BCUT2D eigenvalue weighted by Gasteiger charge is -2.40. The Morgan fingerprint density at radius 3 is 2.00 bits per heavy atom. The van der Waals surface area contributed by atoms with Crippen LogP contribution in [0.2, 0.25) is 0 Å². The predicted octanol–water partition coefficient (Wildman–Crippen LogP) is 1.50. The predicted molar refractivity (Wildman–Crippen MR) is 46.8 cm³/mol. The van der Waals surface area contributed by atoms with E-state index in [-0.39, 0.29) is 12.8 Å². The van der Waals surface area contributed by atoms with Crippen molar-refractivity contribution in [3.8, 4) is 0 Å². The van der Waals surface area contributed by atoms with Crippen molar-refractivity contribution in [1.82, 2.24) is 4.90 Å². The van der Waals surface area contributed by atoms with Crippen LogP contribution in [-0.2, 0) is 0 Å². The first kappa shape index (κ1) is 10.2. The van der Waals surface area contributed by atoms with E-state index in [0.29, 0.717) is 19.1 Å². The number of hydrogen-bond donors (Lipinski definition) is 1. The Balaban J connectivity index is 1.93. The average molecular weight is 208 g/mol. The summed E-state index contributed by atoms with van der Waals surface area (Å²) in [6.07, 6.45) is -1.87. The summed E-state index contributed by atoms with van der Waals surface area (Å²) in [4.78, 5) is 2.14. The highest BCUT2D eigenvalue weighted by Crippen LogP contribution is 2.39. The number of likely N-dealkylation sites (tertiary alicyclic amines) is 1. The highest BCUT2D eigenvalue weighted by molar-refractivity contribution is 4.99. The summed E-state index contributed by atoms with van der Waals surface area (Å²) in [7, 11) is 0. The summed E-state index contributed by atoms with van der Waals surface area (Å²) in [5.74, 6) is 0. The van der Waals surface area contributed by atoms with Crippen LogP contribution < -0.4 is 5.73 Å². The molecule has 2 nitrogen and oxygen atoms in total. The monoisotopic (exact) mass is 208 g/mol. The number of piperidine rings is 1. The number of nitrogens with two attached hydrogens (primary N) is 1. The van der Waals surface area contributed by atoms with Crippen molar-refractivity contribution >= 4 is 0 Å². The van der Waals surface area contributed by atoms with Crippen molar-refractivity contribution in [3.05, 3.63) is 0 Å². The fraction of sp³-hybridized carbons (Fsp3) is 1.00. The van der Waals surface area contributed by atoms with Gasteiger partial charge in [-0.25, -0.2) is 0 Å². The molecule has 1 aliphatic heterocycles. The number of nitrogens with zero attached hydrogens (tertiary/aromatic N) is 1. The zero-order valence-corrected chi connectivity index (χ0v) is 7.98. The third kappa shape index (κ3) is 1.75. The molecule has 0 aromatic rings. The van der Waals surface area contributed by atoms with E-state index in [2.05, 4.69) is 4.90 Å². The summed E-state index contributed by atoms with van der Waals surface area (Å²) < 4.78 is 37.6. The number of halogens is 3. The fourth-order valence-corrected chi connectivity index (χ4v) is 2.01. The lowest BCUT2D eigenvalue weighted by Crippen LogP contribution is -2.59. The van der Waals surface area contributed by atoms with Crippen molar-refractivity contribution in [2.24, 2.45) is 5.73 Å². The second kappa shape index (κ2) is 3.10. The van der Waals surface area contributed by atoms with E-state index >= 15 is 0 Å². The average Bonchev–Trinajstić information content (AvgIpc) is 2.86. The number of rotatable bonds is 1. The number of hydrogen-bond acceptors (Lipinski definition) is 2. The van der Waals surface area contributed by atoms with E-state index in [1.54, 1.807) is 0 Å². The summed E-state index contributed by atoms with van der Waals surface area (Å²) in [5, 5.41) is 0. The molecule has 0 bridgehead atoms. The van der Waals surface area contributed by atoms with Gasteiger partial charge in [0.1, 0.15) is 5.54 Å². The molecule has 5 heteroatoms. The Morgan fingerprint density at radius 2 is 1.64 bits per heavy atom. The molecule has 2 aliphatic rings. The van der Waals surface area contributed by atoms with Gasteiger partial charge in [-0.3, -0.25) is 0 Å². The molecule has 1 aliphatic carbocycles. The maximum absolute atomic E-state index is 12.5. The quantitative estimate of drug-likeness (QED) is 0.707. The van der Waals surface area contributed by atoms with Gasteiger partial charge in [0.25, 0.3) is 0 Å². The Hall–Kier alpha value is -0.290. The first-order valence-electron chi connectivity index (χ1n) is 5.02. The summed E-state index contributed by atoms with van der Waals surface area (Å²) in [6.45, 7) is 1.00. The first-order valence-corrected chi connectivity index (χ1v) is 5.02. The molecule has 82 valence electrons. The molecule has 0 aromatic heterocycles. The van der Waals surface area contributed by atoms with Crippen LogP contribution in [0.3, 0.4) is 0 Å². The van der Waals surface area contributed by atoms with Crippen molar-refractivity contribution < 1.29 is 13.2 Å². The van der Waals surface area contributed by atoms with Gasteiger partial charge in [0.2, 0.25) is 0 Å². The van der Waals surface area contributed by atoms with Crippen LogP contribution in [-0.4, -0.2) is 35.7 Å². The molecule has 2 fully saturated rings. The SMILES string of the molecule is NC1(C(F)(F)F)CCN(C2CC2)CC1. The van der Waals surface area contributed by atoms with Crippen LogP contribution in [0.5, 0.6) is 0 Å². The van der Waals surface area contributed by atoms with Crippen molar-refractivity contribution in [2.75, 3.05) is 13.1 Å². The Labute approximate surface area is 81.2 Å². The van der Waals surface area contributed by atoms with Crippen molar-refractivity contribution in [2.45, 2.75) is 43.4 Å². The molecule has 2 N–H and O–H groups in total. The zero-order valence-electron chi connectivity index (χ0n) is 7.98. The molecule has 0 unspecified atom stereocenters. The molecule has 0 atom stereocenters. The molecule has 1 saturated heterocycles. The maximum Gasteiger partial charge on any atom is 0.406 e. The lowest BCUT2D eigenvalue weighted by molar-refractivity contribution is -0.197. The molecule has 0 spiro atoms. The van der Waals surface area contributed by atoms with E-state index < -0.39 is 11.7 Å². The van der Waals surface area contributed by atoms with Crippen LogP contribution in [0.4, 0.5) is 13.2 Å². The lowest BCUT2D eigenvalue weighted by atomic mass is 9.88. The van der Waals surface area contributed by atoms with Crippen LogP contribution in [0.1, 0.15) is 25.7 Å². The van der Waals surface area contributed by atoms with E-state index in [0.717, 1.165) is 12.8 Å². The summed E-state index contributed by atoms with van der Waals surface area (Å²) >= 11 is 0. The molecule has 1 heterocycles. The van der Waals surface area contributed by atoms with Crippen LogP contribution in [0.15, 0.2) is 0 Å². The van der Waals surface area contributed by atoms with E-state index in [4.69, 9.17) is 5.73 Å².